The number of aromatic hydroxyl groups is 1. The van der Waals surface area contributed by atoms with Gasteiger partial charge in [-0.3, -0.25) is 0 Å². The van der Waals surface area contributed by atoms with Crippen molar-refractivity contribution in [3.8, 4) is 5.75 Å². The summed E-state index contributed by atoms with van der Waals surface area (Å²) in [6.45, 7) is 3.80. The Balaban J connectivity index is 0. The Hall–Kier alpha value is -1.92. The second-order valence-electron chi connectivity index (χ2n) is 4.80. The van der Waals surface area contributed by atoms with Gasteiger partial charge in [0.1, 0.15) is 17.3 Å². The van der Waals surface area contributed by atoms with Gasteiger partial charge in [0.25, 0.3) is 0 Å². The van der Waals surface area contributed by atoms with Gasteiger partial charge in [0.05, 0.1) is 6.07 Å². The SMILES string of the molecule is C.CCc1cc(N(C)C)cc(=O)o1.CCc1cc(O)cc(=O)o1.[V]. The van der Waals surface area contributed by atoms with Crippen LogP contribution in [-0.4, -0.2) is 19.2 Å². The van der Waals surface area contributed by atoms with Crippen LogP contribution >= 0.6 is 0 Å². The molecule has 0 atom stereocenters. The second-order valence-corrected chi connectivity index (χ2v) is 4.80. The van der Waals surface area contributed by atoms with Gasteiger partial charge in [-0.05, 0) is 0 Å². The summed E-state index contributed by atoms with van der Waals surface area (Å²) in [5.41, 5.74) is 0.109. The van der Waals surface area contributed by atoms with E-state index in [0.29, 0.717) is 12.2 Å². The maximum absolute atomic E-state index is 11.0. The predicted octanol–water partition coefficient (Wildman–Crippen LogP) is 2.81. The van der Waals surface area contributed by atoms with Gasteiger partial charge in [0.2, 0.25) is 0 Å². The molecule has 0 saturated carbocycles. The fraction of sp³-hybridized carbons (Fsp3) is 0.412. The number of hydrogen-bond acceptors (Lipinski definition) is 6. The Labute approximate surface area is 154 Å². The van der Waals surface area contributed by atoms with Crippen LogP contribution in [0.15, 0.2) is 42.7 Å². The molecule has 2 heterocycles. The summed E-state index contributed by atoms with van der Waals surface area (Å²) in [4.78, 5) is 23.4. The van der Waals surface area contributed by atoms with Crippen molar-refractivity contribution in [2.24, 2.45) is 0 Å². The van der Waals surface area contributed by atoms with Gasteiger partial charge >= 0.3 is 11.3 Å². The van der Waals surface area contributed by atoms with Gasteiger partial charge in [-0.2, -0.15) is 0 Å². The molecule has 0 bridgehead atoms. The molecular formula is C17H25NO5V. The van der Waals surface area contributed by atoms with E-state index in [0.717, 1.165) is 23.9 Å². The van der Waals surface area contributed by atoms with Crippen molar-refractivity contribution in [3.63, 3.8) is 0 Å². The minimum Gasteiger partial charge on any atom is -0.508 e. The number of nitrogens with zero attached hydrogens (tertiary/aromatic N) is 1. The molecule has 0 amide bonds. The molecule has 0 aliphatic heterocycles. The summed E-state index contributed by atoms with van der Waals surface area (Å²) in [5, 5.41) is 8.86. The van der Waals surface area contributed by atoms with Crippen LogP contribution in [0.4, 0.5) is 5.69 Å². The first-order valence-corrected chi connectivity index (χ1v) is 7.00. The van der Waals surface area contributed by atoms with E-state index in [9.17, 15) is 9.59 Å². The molecular weight excluding hydrogens is 349 g/mol. The van der Waals surface area contributed by atoms with Crippen LogP contribution in [0.1, 0.15) is 32.8 Å². The molecule has 0 aliphatic rings. The Morgan fingerprint density at radius 1 is 0.917 bits per heavy atom. The Kier molecular flexibility index (Phi) is 11.8. The minimum atomic E-state index is -0.503. The topological polar surface area (TPSA) is 83.9 Å². The zero-order valence-electron chi connectivity index (χ0n) is 13.7. The molecule has 24 heavy (non-hydrogen) atoms. The maximum Gasteiger partial charge on any atom is 0.339 e. The standard InChI is InChI=1S/C9H13NO2.C7H8O3.CH4.V/c1-4-8-5-7(10(2)3)6-9(11)12-8;1-2-6-3-5(8)4-7(9)10-6;;/h5-6H,4H2,1-3H3;3-4,8H,2H2,1H3;1H4;. The molecule has 2 aromatic rings. The van der Waals surface area contributed by atoms with Crippen molar-refractivity contribution < 1.29 is 32.5 Å². The molecule has 6 nitrogen and oxygen atoms in total. The van der Waals surface area contributed by atoms with E-state index in [-0.39, 0.29) is 37.4 Å². The van der Waals surface area contributed by atoms with Gasteiger partial charge in [-0.1, -0.05) is 21.3 Å². The van der Waals surface area contributed by atoms with Gasteiger partial charge in [0.15, 0.2) is 0 Å². The van der Waals surface area contributed by atoms with Crippen LogP contribution < -0.4 is 16.2 Å². The molecule has 133 valence electrons. The van der Waals surface area contributed by atoms with E-state index in [1.54, 1.807) is 0 Å². The molecule has 7 heteroatoms. The normalized spacial score (nSPS) is 9.00. The molecule has 0 fully saturated rings. The zero-order chi connectivity index (χ0) is 16.7. The fourth-order valence-electron chi connectivity index (χ4n) is 1.64. The van der Waals surface area contributed by atoms with Gasteiger partial charge in [-0.25, -0.2) is 9.59 Å². The average Bonchev–Trinajstić information content (AvgIpc) is 2.46. The first-order valence-electron chi connectivity index (χ1n) is 7.00. The molecule has 0 unspecified atom stereocenters. The monoisotopic (exact) mass is 374 g/mol. The van der Waals surface area contributed by atoms with E-state index in [2.05, 4.69) is 0 Å². The molecule has 0 aromatic carbocycles. The average molecular weight is 374 g/mol. The summed E-state index contributed by atoms with van der Waals surface area (Å²) in [6.07, 6.45) is 1.36. The van der Waals surface area contributed by atoms with Crippen molar-refractivity contribution in [3.05, 3.63) is 56.6 Å². The third kappa shape index (κ3) is 8.08. The quantitative estimate of drug-likeness (QED) is 0.890. The molecule has 1 N–H and O–H groups in total. The molecule has 1 radical (unpaired) electrons. The molecule has 2 aromatic heterocycles. The van der Waals surface area contributed by atoms with Crippen LogP contribution in [0.3, 0.4) is 0 Å². The first kappa shape index (κ1) is 24.3. The number of anilines is 1. The summed E-state index contributed by atoms with van der Waals surface area (Å²) in [5.74, 6) is 1.20. The van der Waals surface area contributed by atoms with Crippen molar-refractivity contribution >= 4 is 5.69 Å². The maximum atomic E-state index is 11.0. The predicted molar refractivity (Wildman–Crippen MR) is 91.4 cm³/mol. The van der Waals surface area contributed by atoms with Crippen LogP contribution in [0.5, 0.6) is 5.75 Å². The third-order valence-electron chi connectivity index (χ3n) is 2.83. The number of rotatable bonds is 3. The van der Waals surface area contributed by atoms with Crippen molar-refractivity contribution in [1.29, 1.82) is 0 Å². The summed E-state index contributed by atoms with van der Waals surface area (Å²) < 4.78 is 9.63. The van der Waals surface area contributed by atoms with E-state index >= 15 is 0 Å². The molecule has 0 aliphatic carbocycles. The number of aryl methyl sites for hydroxylation is 2. The largest absolute Gasteiger partial charge is 0.508 e. The Bertz CT molecular complexity index is 721. The Morgan fingerprint density at radius 3 is 1.79 bits per heavy atom. The summed E-state index contributed by atoms with van der Waals surface area (Å²) in [7, 11) is 3.79. The third-order valence-corrected chi connectivity index (χ3v) is 2.83. The summed E-state index contributed by atoms with van der Waals surface area (Å²) in [6, 6.07) is 5.83. The van der Waals surface area contributed by atoms with Crippen LogP contribution in [0.25, 0.3) is 0 Å². The van der Waals surface area contributed by atoms with Crippen molar-refractivity contribution in [1.82, 2.24) is 0 Å². The zero-order valence-corrected chi connectivity index (χ0v) is 15.1. The minimum absolute atomic E-state index is 0. The van der Waals surface area contributed by atoms with Gasteiger partial charge in [0, 0.05) is 69.4 Å². The van der Waals surface area contributed by atoms with Gasteiger partial charge < -0.3 is 18.8 Å². The van der Waals surface area contributed by atoms with E-state index in [1.807, 2.05) is 38.9 Å². The number of hydrogen-bond donors (Lipinski definition) is 1. The fourth-order valence-corrected chi connectivity index (χ4v) is 1.64. The van der Waals surface area contributed by atoms with E-state index in [4.69, 9.17) is 13.9 Å². The van der Waals surface area contributed by atoms with Crippen LogP contribution in [0.2, 0.25) is 0 Å². The molecule has 0 saturated heterocycles. The van der Waals surface area contributed by atoms with Crippen molar-refractivity contribution in [2.45, 2.75) is 34.1 Å². The molecule has 2 rings (SSSR count). The van der Waals surface area contributed by atoms with E-state index in [1.165, 1.54) is 12.1 Å². The Morgan fingerprint density at radius 2 is 1.38 bits per heavy atom. The second kappa shape index (κ2) is 11.6. The van der Waals surface area contributed by atoms with Crippen molar-refractivity contribution in [2.75, 3.05) is 19.0 Å². The summed E-state index contributed by atoms with van der Waals surface area (Å²) >= 11 is 0. The first-order chi connectivity index (χ1) is 10.3. The van der Waals surface area contributed by atoms with E-state index < -0.39 is 5.63 Å². The van der Waals surface area contributed by atoms with Crippen LogP contribution in [-0.2, 0) is 31.4 Å². The van der Waals surface area contributed by atoms with Gasteiger partial charge in [-0.15, -0.1) is 0 Å². The smallest absolute Gasteiger partial charge is 0.339 e. The van der Waals surface area contributed by atoms with Crippen LogP contribution in [0, 0.1) is 0 Å². The molecule has 0 spiro atoms.